The third-order valence-electron chi connectivity index (χ3n) is 3.00. The van der Waals surface area contributed by atoms with Crippen LogP contribution < -0.4 is 14.8 Å². The van der Waals surface area contributed by atoms with Crippen molar-refractivity contribution in [3.05, 3.63) is 53.6 Å². The van der Waals surface area contributed by atoms with Crippen molar-refractivity contribution in [2.45, 2.75) is 0 Å². The third kappa shape index (κ3) is 2.64. The summed E-state index contributed by atoms with van der Waals surface area (Å²) in [5, 5.41) is 11.6. The van der Waals surface area contributed by atoms with Gasteiger partial charge in [0.15, 0.2) is 11.5 Å². The van der Waals surface area contributed by atoms with Gasteiger partial charge >= 0.3 is 5.97 Å². The summed E-state index contributed by atoms with van der Waals surface area (Å²) in [6.07, 6.45) is 0. The summed E-state index contributed by atoms with van der Waals surface area (Å²) in [6.45, 7) is 0.160. The average Bonchev–Trinajstić information content (AvgIpc) is 2.95. The number of aromatic carboxylic acids is 1. The first-order valence-corrected chi connectivity index (χ1v) is 6.18. The number of carboxylic acids is 1. The largest absolute Gasteiger partial charge is 0.478 e. The van der Waals surface area contributed by atoms with E-state index in [2.05, 4.69) is 5.32 Å². The van der Waals surface area contributed by atoms with Gasteiger partial charge in [0, 0.05) is 17.3 Å². The van der Waals surface area contributed by atoms with E-state index >= 15 is 0 Å². The lowest BCUT2D eigenvalue weighted by molar-refractivity contribution is 0.0697. The molecule has 1 heterocycles. The molecule has 0 saturated heterocycles. The number of benzene rings is 2. The van der Waals surface area contributed by atoms with Crippen molar-refractivity contribution in [3.8, 4) is 11.5 Å². The van der Waals surface area contributed by atoms with Crippen molar-refractivity contribution in [2.75, 3.05) is 12.1 Å². The lowest BCUT2D eigenvalue weighted by atomic mass is 10.1. The van der Waals surface area contributed by atoms with Crippen molar-refractivity contribution >= 4 is 17.6 Å². The second-order valence-electron chi connectivity index (χ2n) is 4.41. The number of amides is 1. The SMILES string of the molecule is O=C(O)c1cccc(C(=O)Nc2ccc3c(c2)OCO3)c1. The van der Waals surface area contributed by atoms with Crippen LogP contribution in [0.5, 0.6) is 11.5 Å². The van der Waals surface area contributed by atoms with Crippen LogP contribution >= 0.6 is 0 Å². The van der Waals surface area contributed by atoms with E-state index in [1.54, 1.807) is 24.3 Å². The molecule has 0 aliphatic carbocycles. The number of carboxylic acid groups (broad SMARTS) is 1. The van der Waals surface area contributed by atoms with E-state index in [4.69, 9.17) is 14.6 Å². The molecule has 0 aromatic heterocycles. The fraction of sp³-hybridized carbons (Fsp3) is 0.0667. The lowest BCUT2D eigenvalue weighted by Crippen LogP contribution is -2.12. The second kappa shape index (κ2) is 5.16. The topological polar surface area (TPSA) is 84.9 Å². The van der Waals surface area contributed by atoms with E-state index in [1.165, 1.54) is 18.2 Å². The zero-order valence-corrected chi connectivity index (χ0v) is 10.8. The summed E-state index contributed by atoms with van der Waals surface area (Å²) in [7, 11) is 0. The minimum atomic E-state index is -1.08. The number of ether oxygens (including phenoxy) is 2. The molecule has 6 heteroatoms. The maximum atomic E-state index is 12.1. The molecule has 0 spiro atoms. The molecule has 106 valence electrons. The molecule has 0 unspecified atom stereocenters. The van der Waals surface area contributed by atoms with Crippen LogP contribution in [-0.2, 0) is 0 Å². The van der Waals surface area contributed by atoms with Crippen LogP contribution in [-0.4, -0.2) is 23.8 Å². The quantitative estimate of drug-likeness (QED) is 0.904. The van der Waals surface area contributed by atoms with Crippen molar-refractivity contribution in [2.24, 2.45) is 0 Å². The predicted molar refractivity (Wildman–Crippen MR) is 73.9 cm³/mol. The molecule has 1 amide bonds. The van der Waals surface area contributed by atoms with Crippen LogP contribution in [0.4, 0.5) is 5.69 Å². The van der Waals surface area contributed by atoms with Gasteiger partial charge in [-0.05, 0) is 30.3 Å². The Hall–Kier alpha value is -3.02. The zero-order chi connectivity index (χ0) is 14.8. The standard InChI is InChI=1S/C15H11NO5/c17-14(9-2-1-3-10(6-9)15(18)19)16-11-4-5-12-13(7-11)21-8-20-12/h1-7H,8H2,(H,16,17)(H,18,19). The highest BCUT2D eigenvalue weighted by Gasteiger charge is 2.15. The Morgan fingerprint density at radius 1 is 1.00 bits per heavy atom. The van der Waals surface area contributed by atoms with E-state index in [-0.39, 0.29) is 17.9 Å². The monoisotopic (exact) mass is 285 g/mol. The molecule has 0 atom stereocenters. The molecule has 0 saturated carbocycles. The van der Waals surface area contributed by atoms with Crippen LogP contribution in [0.15, 0.2) is 42.5 Å². The van der Waals surface area contributed by atoms with Gasteiger partial charge in [-0.25, -0.2) is 4.79 Å². The number of nitrogens with one attached hydrogen (secondary N) is 1. The number of rotatable bonds is 3. The smallest absolute Gasteiger partial charge is 0.335 e. The molecule has 2 N–H and O–H groups in total. The molecule has 2 aromatic rings. The van der Waals surface area contributed by atoms with Gasteiger partial charge in [-0.3, -0.25) is 4.79 Å². The number of hydrogen-bond donors (Lipinski definition) is 2. The Bertz CT molecular complexity index is 726. The van der Waals surface area contributed by atoms with Gasteiger partial charge < -0.3 is 19.9 Å². The summed E-state index contributed by atoms with van der Waals surface area (Å²) in [5.74, 6) is -0.280. The number of carbonyl (C=O) groups is 2. The minimum Gasteiger partial charge on any atom is -0.478 e. The maximum absolute atomic E-state index is 12.1. The highest BCUT2D eigenvalue weighted by atomic mass is 16.7. The molecule has 2 aromatic carbocycles. The minimum absolute atomic E-state index is 0.0633. The Labute approximate surface area is 119 Å². The van der Waals surface area contributed by atoms with Gasteiger partial charge in [-0.15, -0.1) is 0 Å². The van der Waals surface area contributed by atoms with E-state index < -0.39 is 11.9 Å². The van der Waals surface area contributed by atoms with Crippen molar-refractivity contribution < 1.29 is 24.2 Å². The van der Waals surface area contributed by atoms with E-state index in [1.807, 2.05) is 0 Å². The van der Waals surface area contributed by atoms with Gasteiger partial charge in [0.25, 0.3) is 5.91 Å². The Balaban J connectivity index is 1.80. The van der Waals surface area contributed by atoms with Crippen LogP contribution in [0, 0.1) is 0 Å². The molecular formula is C15H11NO5. The second-order valence-corrected chi connectivity index (χ2v) is 4.41. The van der Waals surface area contributed by atoms with Crippen LogP contribution in [0.2, 0.25) is 0 Å². The Morgan fingerprint density at radius 3 is 2.57 bits per heavy atom. The molecular weight excluding hydrogens is 274 g/mol. The Kier molecular flexibility index (Phi) is 3.19. The van der Waals surface area contributed by atoms with E-state index in [9.17, 15) is 9.59 Å². The highest BCUT2D eigenvalue weighted by molar-refractivity contribution is 6.05. The molecule has 0 bridgehead atoms. The van der Waals surface area contributed by atoms with Gasteiger partial charge in [0.2, 0.25) is 6.79 Å². The first kappa shape index (κ1) is 13.0. The number of anilines is 1. The third-order valence-corrected chi connectivity index (χ3v) is 3.00. The van der Waals surface area contributed by atoms with E-state index in [0.717, 1.165) is 0 Å². The molecule has 1 aliphatic rings. The molecule has 21 heavy (non-hydrogen) atoms. The lowest BCUT2D eigenvalue weighted by Gasteiger charge is -2.06. The van der Waals surface area contributed by atoms with Gasteiger partial charge in [0.05, 0.1) is 5.56 Å². The van der Waals surface area contributed by atoms with Gasteiger partial charge in [-0.2, -0.15) is 0 Å². The van der Waals surface area contributed by atoms with Gasteiger partial charge in [-0.1, -0.05) is 6.07 Å². The van der Waals surface area contributed by atoms with E-state index in [0.29, 0.717) is 17.2 Å². The van der Waals surface area contributed by atoms with Gasteiger partial charge in [0.1, 0.15) is 0 Å². The number of hydrogen-bond acceptors (Lipinski definition) is 4. The van der Waals surface area contributed by atoms with Crippen molar-refractivity contribution in [1.29, 1.82) is 0 Å². The van der Waals surface area contributed by atoms with Crippen molar-refractivity contribution in [1.82, 2.24) is 0 Å². The van der Waals surface area contributed by atoms with Crippen LogP contribution in [0.1, 0.15) is 20.7 Å². The molecule has 0 radical (unpaired) electrons. The average molecular weight is 285 g/mol. The Morgan fingerprint density at radius 2 is 1.76 bits per heavy atom. The fourth-order valence-corrected chi connectivity index (χ4v) is 1.97. The molecule has 1 aliphatic heterocycles. The molecule has 3 rings (SSSR count). The first-order chi connectivity index (χ1) is 10.1. The first-order valence-electron chi connectivity index (χ1n) is 6.18. The summed E-state index contributed by atoms with van der Waals surface area (Å²) < 4.78 is 10.4. The summed E-state index contributed by atoms with van der Waals surface area (Å²) in [4.78, 5) is 23.0. The normalized spacial score (nSPS) is 12.0. The highest BCUT2D eigenvalue weighted by Crippen LogP contribution is 2.34. The summed E-state index contributed by atoms with van der Waals surface area (Å²) >= 11 is 0. The zero-order valence-electron chi connectivity index (χ0n) is 10.8. The molecule has 0 fully saturated rings. The molecule has 6 nitrogen and oxygen atoms in total. The maximum Gasteiger partial charge on any atom is 0.335 e. The van der Waals surface area contributed by atoms with Crippen LogP contribution in [0.3, 0.4) is 0 Å². The summed E-state index contributed by atoms with van der Waals surface area (Å²) in [6, 6.07) is 10.9. The summed E-state index contributed by atoms with van der Waals surface area (Å²) in [5.41, 5.74) is 0.880. The number of fused-ring (bicyclic) bond motifs is 1. The number of carbonyl (C=O) groups excluding carboxylic acids is 1. The fourth-order valence-electron chi connectivity index (χ4n) is 1.97. The van der Waals surface area contributed by atoms with Crippen molar-refractivity contribution in [3.63, 3.8) is 0 Å². The predicted octanol–water partition coefficient (Wildman–Crippen LogP) is 2.37. The van der Waals surface area contributed by atoms with Crippen LogP contribution in [0.25, 0.3) is 0 Å².